The Kier molecular flexibility index (Phi) is 6.57. The van der Waals surface area contributed by atoms with Gasteiger partial charge in [-0.15, -0.1) is 0 Å². The zero-order valence-corrected chi connectivity index (χ0v) is 14.8. The van der Waals surface area contributed by atoms with Gasteiger partial charge in [-0.2, -0.15) is 13.2 Å². The maximum atomic E-state index is 12.8. The minimum Gasteiger partial charge on any atom is -0.480 e. The number of aliphatic carboxylic acids is 1. The van der Waals surface area contributed by atoms with Gasteiger partial charge in [0.2, 0.25) is 0 Å². The Morgan fingerprint density at radius 2 is 2.00 bits per heavy atom. The van der Waals surface area contributed by atoms with Crippen molar-refractivity contribution in [1.29, 1.82) is 4.78 Å². The van der Waals surface area contributed by atoms with Crippen molar-refractivity contribution in [2.45, 2.75) is 44.3 Å². The van der Waals surface area contributed by atoms with Crippen molar-refractivity contribution in [2.24, 2.45) is 5.73 Å². The number of nitrogens with two attached hydrogens (primary N) is 1. The van der Waals surface area contributed by atoms with Gasteiger partial charge in [0.1, 0.15) is 11.7 Å². The first-order valence-electron chi connectivity index (χ1n) is 7.51. The Hall–Kier alpha value is -1.68. The summed E-state index contributed by atoms with van der Waals surface area (Å²) in [4.78, 5) is 14.0. The van der Waals surface area contributed by atoms with Crippen molar-refractivity contribution < 1.29 is 27.3 Å². The van der Waals surface area contributed by atoms with Crippen LogP contribution in [0.5, 0.6) is 0 Å². The van der Waals surface area contributed by atoms with E-state index in [2.05, 4.69) is 4.98 Å². The first-order valence-corrected chi connectivity index (χ1v) is 9.40. The van der Waals surface area contributed by atoms with E-state index in [1.54, 1.807) is 13.8 Å². The van der Waals surface area contributed by atoms with Gasteiger partial charge in [-0.25, -0.2) is 4.21 Å². The summed E-state index contributed by atoms with van der Waals surface area (Å²) >= 11 is 0. The van der Waals surface area contributed by atoms with Gasteiger partial charge in [0.25, 0.3) is 0 Å². The summed E-state index contributed by atoms with van der Waals surface area (Å²) in [6.45, 7) is 3.39. The highest BCUT2D eigenvalue weighted by molar-refractivity contribution is 7.92. The summed E-state index contributed by atoms with van der Waals surface area (Å²) in [6, 6.07) is 1.22. The topological polar surface area (TPSA) is 117 Å². The molecule has 0 aliphatic rings. The highest BCUT2D eigenvalue weighted by Gasteiger charge is 2.34. The molecule has 1 unspecified atom stereocenters. The monoisotopic (exact) mass is 381 g/mol. The van der Waals surface area contributed by atoms with E-state index in [1.807, 2.05) is 0 Å². The number of nitrogens with zero attached hydrogens (tertiary/aromatic N) is 1. The quantitative estimate of drug-likeness (QED) is 0.640. The number of alkyl halides is 3. The minimum atomic E-state index is -4.55. The van der Waals surface area contributed by atoms with Crippen LogP contribution in [-0.4, -0.2) is 37.8 Å². The van der Waals surface area contributed by atoms with E-state index in [0.29, 0.717) is 5.56 Å². The lowest BCUT2D eigenvalue weighted by Crippen LogP contribution is -2.32. The number of hydrogen-bond acceptors (Lipinski definition) is 5. The molecule has 2 atom stereocenters. The smallest absolute Gasteiger partial charge is 0.433 e. The lowest BCUT2D eigenvalue weighted by atomic mass is 9.82. The number of hydrogen-bond donors (Lipinski definition) is 3. The van der Waals surface area contributed by atoms with Crippen LogP contribution in [0.4, 0.5) is 13.2 Å². The molecular weight excluding hydrogens is 359 g/mol. The molecule has 0 spiro atoms. The fourth-order valence-corrected chi connectivity index (χ4v) is 3.79. The summed E-state index contributed by atoms with van der Waals surface area (Å²) in [5.74, 6) is -1.46. The molecule has 0 aliphatic carbocycles. The molecule has 0 amide bonds. The molecule has 1 aromatic rings. The predicted octanol–water partition coefficient (Wildman–Crippen LogP) is 2.62. The molecule has 1 aromatic heterocycles. The van der Waals surface area contributed by atoms with E-state index in [-0.39, 0.29) is 24.3 Å². The summed E-state index contributed by atoms with van der Waals surface area (Å²) in [5.41, 5.74) is 3.96. The van der Waals surface area contributed by atoms with Crippen molar-refractivity contribution in [3.63, 3.8) is 0 Å². The summed E-state index contributed by atoms with van der Waals surface area (Å²) in [5, 5.41) is 8.70. The summed E-state index contributed by atoms with van der Waals surface area (Å²) < 4.78 is 58.4. The molecule has 10 heteroatoms. The molecule has 1 rings (SSSR count). The van der Waals surface area contributed by atoms with Gasteiger partial charge in [-0.1, -0.05) is 13.8 Å². The number of nitrogens with one attached hydrogen (secondary N) is 1. The zero-order valence-electron chi connectivity index (χ0n) is 14.0. The second-order valence-electron chi connectivity index (χ2n) is 6.51. The van der Waals surface area contributed by atoms with Crippen LogP contribution in [0, 0.1) is 4.78 Å². The van der Waals surface area contributed by atoms with Crippen LogP contribution in [0.15, 0.2) is 18.3 Å². The van der Waals surface area contributed by atoms with Gasteiger partial charge < -0.3 is 10.8 Å². The number of pyridine rings is 1. The van der Waals surface area contributed by atoms with Crippen LogP contribution >= 0.6 is 0 Å². The molecule has 0 saturated heterocycles. The van der Waals surface area contributed by atoms with Crippen LogP contribution < -0.4 is 5.73 Å². The van der Waals surface area contributed by atoms with E-state index in [1.165, 1.54) is 6.07 Å². The Bertz CT molecular complexity index is 718. The molecule has 25 heavy (non-hydrogen) atoms. The number of rotatable bonds is 8. The van der Waals surface area contributed by atoms with E-state index in [9.17, 15) is 22.2 Å². The molecule has 0 bridgehead atoms. The molecule has 1 heterocycles. The lowest BCUT2D eigenvalue weighted by Gasteiger charge is -2.26. The third-order valence-corrected chi connectivity index (χ3v) is 5.72. The fourth-order valence-electron chi connectivity index (χ4n) is 2.11. The molecular formula is C15H22F3N3O3S. The number of carboxylic acid groups (broad SMARTS) is 1. The van der Waals surface area contributed by atoms with E-state index in [0.717, 1.165) is 12.3 Å². The average molecular weight is 381 g/mol. The van der Waals surface area contributed by atoms with Crippen molar-refractivity contribution in [2.75, 3.05) is 11.5 Å². The highest BCUT2D eigenvalue weighted by Crippen LogP contribution is 2.33. The first-order chi connectivity index (χ1) is 11.2. The van der Waals surface area contributed by atoms with Gasteiger partial charge in [-0.05, 0) is 36.0 Å². The van der Waals surface area contributed by atoms with Crippen molar-refractivity contribution in [3.8, 4) is 0 Å². The Morgan fingerprint density at radius 3 is 2.52 bits per heavy atom. The standard InChI is InChI=1S/C15H22F3N3O3S/c1-14(2,10-3-6-21-12(9-10)15(16,17)18)5-8-25(20,24)7-4-11(19)13(22)23/h3,6,9,11,20H,4-5,7-8,19H2,1-2H3,(H,22,23)/t11-,25?/m0/s1. The van der Waals surface area contributed by atoms with E-state index >= 15 is 0 Å². The Balaban J connectivity index is 2.80. The maximum absolute atomic E-state index is 12.8. The second-order valence-corrected chi connectivity index (χ2v) is 8.96. The van der Waals surface area contributed by atoms with E-state index < -0.39 is 39.0 Å². The third-order valence-electron chi connectivity index (χ3n) is 3.96. The highest BCUT2D eigenvalue weighted by atomic mass is 32.2. The number of carbonyl (C=O) groups is 1. The molecule has 142 valence electrons. The largest absolute Gasteiger partial charge is 0.480 e. The SMILES string of the molecule is CC(C)(CCS(=N)(=O)CC[C@H](N)C(=O)O)c1ccnc(C(F)(F)F)c1. The van der Waals surface area contributed by atoms with Crippen LogP contribution in [0.3, 0.4) is 0 Å². The third kappa shape index (κ3) is 6.62. The minimum absolute atomic E-state index is 0.0595. The molecule has 6 nitrogen and oxygen atoms in total. The van der Waals surface area contributed by atoms with Crippen LogP contribution in [0.2, 0.25) is 0 Å². The van der Waals surface area contributed by atoms with Gasteiger partial charge in [-0.3, -0.25) is 14.6 Å². The maximum Gasteiger partial charge on any atom is 0.433 e. The fraction of sp³-hybridized carbons (Fsp3) is 0.600. The Morgan fingerprint density at radius 1 is 1.40 bits per heavy atom. The summed E-state index contributed by atoms with van der Waals surface area (Å²) in [6.07, 6.45) is -3.36. The van der Waals surface area contributed by atoms with E-state index in [4.69, 9.17) is 15.6 Å². The first kappa shape index (κ1) is 21.4. The molecule has 0 aliphatic heterocycles. The van der Waals surface area contributed by atoms with Crippen LogP contribution in [-0.2, 0) is 26.1 Å². The number of halogens is 3. The van der Waals surface area contributed by atoms with Crippen LogP contribution in [0.1, 0.15) is 37.9 Å². The van der Waals surface area contributed by atoms with Gasteiger partial charge in [0.15, 0.2) is 0 Å². The molecule has 0 aromatic carbocycles. The van der Waals surface area contributed by atoms with Gasteiger partial charge in [0, 0.05) is 27.4 Å². The van der Waals surface area contributed by atoms with Crippen molar-refractivity contribution >= 4 is 15.7 Å². The normalized spacial score (nSPS) is 16.2. The number of aromatic nitrogens is 1. The predicted molar refractivity (Wildman–Crippen MR) is 87.7 cm³/mol. The zero-order chi connectivity index (χ0) is 19.5. The molecule has 0 radical (unpaired) electrons. The van der Waals surface area contributed by atoms with Crippen LogP contribution in [0.25, 0.3) is 0 Å². The molecule has 0 saturated carbocycles. The average Bonchev–Trinajstić information content (AvgIpc) is 2.50. The molecule has 0 fully saturated rings. The Labute approximate surface area is 144 Å². The lowest BCUT2D eigenvalue weighted by molar-refractivity contribution is -0.141. The van der Waals surface area contributed by atoms with Crippen molar-refractivity contribution in [3.05, 3.63) is 29.6 Å². The molecule has 4 N–H and O–H groups in total. The van der Waals surface area contributed by atoms with Gasteiger partial charge in [0.05, 0.1) is 0 Å². The summed E-state index contributed by atoms with van der Waals surface area (Å²) in [7, 11) is -3.07. The van der Waals surface area contributed by atoms with Gasteiger partial charge >= 0.3 is 12.1 Å². The number of carboxylic acids is 1. The second kappa shape index (κ2) is 7.69. The van der Waals surface area contributed by atoms with Crippen molar-refractivity contribution in [1.82, 2.24) is 4.98 Å².